The highest BCUT2D eigenvalue weighted by atomic mass is 16.5. The molecule has 3 amide bonds. The standard InChI is InChI=1S/C29H43N3O6/c1-7-18(6)21(16-33)32-24(26(35)30-17(4)5)29-15-14-28(8-2,38-29)22(23(29)27(32)36)25(34)31-19-10-12-20(13-11-19)37-9-3/h10-13,17-18,21-24,33H,7-9,14-16H2,1-6H3,(H,30,35)(H,31,34)/t18-,21-,22+,23-,24?,28-,29?/m0/s1. The van der Waals surface area contributed by atoms with Gasteiger partial charge in [0.25, 0.3) is 0 Å². The quantitative estimate of drug-likeness (QED) is 0.406. The van der Waals surface area contributed by atoms with Crippen LogP contribution in [0.25, 0.3) is 0 Å². The first-order valence-electron chi connectivity index (χ1n) is 14.1. The molecule has 2 bridgehead atoms. The topological polar surface area (TPSA) is 117 Å². The van der Waals surface area contributed by atoms with Gasteiger partial charge in [0.1, 0.15) is 17.4 Å². The number of fused-ring (bicyclic) bond motifs is 1. The maximum atomic E-state index is 14.3. The van der Waals surface area contributed by atoms with Gasteiger partial charge in [0.2, 0.25) is 17.7 Å². The molecule has 0 radical (unpaired) electrons. The highest BCUT2D eigenvalue weighted by Crippen LogP contribution is 2.64. The van der Waals surface area contributed by atoms with E-state index in [9.17, 15) is 19.5 Å². The average Bonchev–Trinajstić information content (AvgIpc) is 3.49. The molecule has 3 fully saturated rings. The van der Waals surface area contributed by atoms with E-state index in [1.165, 1.54) is 0 Å². The summed E-state index contributed by atoms with van der Waals surface area (Å²) in [5.74, 6) is -1.76. The second-order valence-electron chi connectivity index (χ2n) is 11.3. The van der Waals surface area contributed by atoms with E-state index < -0.39 is 35.1 Å². The van der Waals surface area contributed by atoms with E-state index in [-0.39, 0.29) is 36.3 Å². The number of benzene rings is 1. The monoisotopic (exact) mass is 529 g/mol. The maximum absolute atomic E-state index is 14.3. The van der Waals surface area contributed by atoms with Crippen LogP contribution in [0.1, 0.15) is 67.2 Å². The van der Waals surface area contributed by atoms with Crippen molar-refractivity contribution in [3.8, 4) is 5.75 Å². The van der Waals surface area contributed by atoms with Gasteiger partial charge in [-0.15, -0.1) is 0 Å². The minimum absolute atomic E-state index is 0.0398. The van der Waals surface area contributed by atoms with Gasteiger partial charge >= 0.3 is 0 Å². The Morgan fingerprint density at radius 2 is 1.82 bits per heavy atom. The molecule has 38 heavy (non-hydrogen) atoms. The number of aliphatic hydroxyl groups is 1. The number of carbonyl (C=O) groups excluding carboxylic acids is 3. The van der Waals surface area contributed by atoms with Crippen LogP contribution in [0.4, 0.5) is 5.69 Å². The lowest BCUT2D eigenvalue weighted by Crippen LogP contribution is -2.59. The van der Waals surface area contributed by atoms with Crippen LogP contribution in [-0.2, 0) is 19.1 Å². The van der Waals surface area contributed by atoms with Crippen LogP contribution in [0.5, 0.6) is 5.75 Å². The van der Waals surface area contributed by atoms with Crippen molar-refractivity contribution in [3.05, 3.63) is 24.3 Å². The number of amides is 3. The molecule has 1 spiro atoms. The molecule has 0 aromatic heterocycles. The highest BCUT2D eigenvalue weighted by Gasteiger charge is 2.79. The van der Waals surface area contributed by atoms with Crippen molar-refractivity contribution in [1.29, 1.82) is 0 Å². The first-order valence-corrected chi connectivity index (χ1v) is 14.1. The minimum atomic E-state index is -1.12. The molecule has 3 aliphatic rings. The van der Waals surface area contributed by atoms with Gasteiger partial charge in [0.05, 0.1) is 36.7 Å². The summed E-state index contributed by atoms with van der Waals surface area (Å²) in [5, 5.41) is 16.4. The third kappa shape index (κ3) is 4.47. The van der Waals surface area contributed by atoms with Crippen molar-refractivity contribution in [2.45, 2.75) is 96.6 Å². The zero-order chi connectivity index (χ0) is 27.8. The van der Waals surface area contributed by atoms with Crippen LogP contribution < -0.4 is 15.4 Å². The Hall–Kier alpha value is -2.65. The van der Waals surface area contributed by atoms with Crippen molar-refractivity contribution in [2.75, 3.05) is 18.5 Å². The summed E-state index contributed by atoms with van der Waals surface area (Å²) in [6.07, 6.45) is 2.37. The summed E-state index contributed by atoms with van der Waals surface area (Å²) in [6, 6.07) is 5.54. The number of hydrogen-bond donors (Lipinski definition) is 3. The van der Waals surface area contributed by atoms with Gasteiger partial charge in [-0.25, -0.2) is 0 Å². The highest BCUT2D eigenvalue weighted by molar-refractivity contribution is 6.02. The Morgan fingerprint density at radius 1 is 1.13 bits per heavy atom. The first-order chi connectivity index (χ1) is 18.1. The fourth-order valence-corrected chi connectivity index (χ4v) is 6.91. The first kappa shape index (κ1) is 28.4. The number of carbonyl (C=O) groups is 3. The molecule has 1 aromatic rings. The Labute approximate surface area is 225 Å². The fraction of sp³-hybridized carbons (Fsp3) is 0.690. The largest absolute Gasteiger partial charge is 0.494 e. The molecule has 3 saturated heterocycles. The summed E-state index contributed by atoms with van der Waals surface area (Å²) in [5.41, 5.74) is -1.34. The van der Waals surface area contributed by atoms with Gasteiger partial charge in [-0.05, 0) is 70.2 Å². The predicted octanol–water partition coefficient (Wildman–Crippen LogP) is 3.11. The summed E-state index contributed by atoms with van der Waals surface area (Å²) >= 11 is 0. The minimum Gasteiger partial charge on any atom is -0.494 e. The second kappa shape index (κ2) is 10.8. The van der Waals surface area contributed by atoms with Crippen LogP contribution in [0.2, 0.25) is 0 Å². The maximum Gasteiger partial charge on any atom is 0.246 e. The molecule has 210 valence electrons. The van der Waals surface area contributed by atoms with Crippen LogP contribution in [0, 0.1) is 17.8 Å². The molecule has 0 saturated carbocycles. The summed E-state index contributed by atoms with van der Waals surface area (Å²) in [4.78, 5) is 43.5. The number of anilines is 1. The van der Waals surface area contributed by atoms with Gasteiger partial charge in [-0.2, -0.15) is 0 Å². The van der Waals surface area contributed by atoms with Crippen molar-refractivity contribution in [1.82, 2.24) is 10.2 Å². The number of nitrogens with zero attached hydrogens (tertiary/aromatic N) is 1. The van der Waals surface area contributed by atoms with Gasteiger partial charge in [-0.1, -0.05) is 27.2 Å². The molecule has 9 nitrogen and oxygen atoms in total. The van der Waals surface area contributed by atoms with E-state index in [1.807, 2.05) is 41.5 Å². The third-order valence-corrected chi connectivity index (χ3v) is 8.86. The van der Waals surface area contributed by atoms with E-state index >= 15 is 0 Å². The van der Waals surface area contributed by atoms with Gasteiger partial charge in [0.15, 0.2) is 0 Å². The molecule has 2 unspecified atom stereocenters. The molecule has 3 heterocycles. The van der Waals surface area contributed by atoms with E-state index in [1.54, 1.807) is 29.2 Å². The Balaban J connectivity index is 1.74. The van der Waals surface area contributed by atoms with E-state index in [0.29, 0.717) is 37.3 Å². The lowest BCUT2D eigenvalue weighted by Gasteiger charge is -2.39. The Bertz CT molecular complexity index is 1050. The van der Waals surface area contributed by atoms with E-state index in [4.69, 9.17) is 9.47 Å². The van der Waals surface area contributed by atoms with Crippen molar-refractivity contribution >= 4 is 23.4 Å². The number of nitrogens with one attached hydrogen (secondary N) is 2. The summed E-state index contributed by atoms with van der Waals surface area (Å²) in [7, 11) is 0. The molecule has 7 atom stereocenters. The lowest BCUT2D eigenvalue weighted by molar-refractivity contribution is -0.151. The predicted molar refractivity (Wildman–Crippen MR) is 144 cm³/mol. The molecule has 1 aromatic carbocycles. The van der Waals surface area contributed by atoms with E-state index in [2.05, 4.69) is 10.6 Å². The SMILES string of the molecule is CCOc1ccc(NC(=O)[C@H]2[C@H]3C(=O)N([C@@H](CO)[C@@H](C)CC)C(C(=O)NC(C)C)C34CC[C@]2(CC)O4)cc1. The van der Waals surface area contributed by atoms with E-state index in [0.717, 1.165) is 6.42 Å². The number of rotatable bonds is 11. The van der Waals surface area contributed by atoms with Gasteiger partial charge in [0, 0.05) is 11.7 Å². The molecule has 3 N–H and O–H groups in total. The van der Waals surface area contributed by atoms with Crippen molar-refractivity contribution < 1.29 is 29.0 Å². The smallest absolute Gasteiger partial charge is 0.246 e. The number of hydrogen-bond acceptors (Lipinski definition) is 6. The molecule has 3 aliphatic heterocycles. The van der Waals surface area contributed by atoms with Gasteiger partial charge < -0.3 is 30.1 Å². The zero-order valence-corrected chi connectivity index (χ0v) is 23.5. The summed E-state index contributed by atoms with van der Waals surface area (Å²) in [6.45, 7) is 11.9. The normalized spacial score (nSPS) is 31.3. The van der Waals surface area contributed by atoms with Gasteiger partial charge in [-0.3, -0.25) is 14.4 Å². The third-order valence-electron chi connectivity index (χ3n) is 8.86. The van der Waals surface area contributed by atoms with Crippen LogP contribution >= 0.6 is 0 Å². The zero-order valence-electron chi connectivity index (χ0n) is 23.5. The molecule has 9 heteroatoms. The lowest BCUT2D eigenvalue weighted by atomic mass is 9.65. The fourth-order valence-electron chi connectivity index (χ4n) is 6.91. The Kier molecular flexibility index (Phi) is 8.09. The average molecular weight is 530 g/mol. The van der Waals surface area contributed by atoms with Crippen molar-refractivity contribution in [2.24, 2.45) is 17.8 Å². The van der Waals surface area contributed by atoms with Crippen LogP contribution in [-0.4, -0.2) is 70.3 Å². The number of likely N-dealkylation sites (tertiary alicyclic amines) is 1. The summed E-state index contributed by atoms with van der Waals surface area (Å²) < 4.78 is 12.3. The second-order valence-corrected chi connectivity index (χ2v) is 11.3. The molecular formula is C29H43N3O6. The molecule has 0 aliphatic carbocycles. The van der Waals surface area contributed by atoms with Crippen LogP contribution in [0.3, 0.4) is 0 Å². The molecular weight excluding hydrogens is 486 g/mol. The number of aliphatic hydroxyl groups excluding tert-OH is 1. The molecule has 4 rings (SSSR count). The van der Waals surface area contributed by atoms with Crippen LogP contribution in [0.15, 0.2) is 24.3 Å². The number of ether oxygens (including phenoxy) is 2. The Morgan fingerprint density at radius 3 is 2.37 bits per heavy atom. The van der Waals surface area contributed by atoms with Crippen molar-refractivity contribution in [3.63, 3.8) is 0 Å².